The predicted molar refractivity (Wildman–Crippen MR) is 70.6 cm³/mol. The normalized spacial score (nSPS) is 19.6. The molecule has 1 aliphatic rings. The Labute approximate surface area is 115 Å². The largest absolute Gasteiger partial charge is 0.502 e. The molecule has 1 fully saturated rings. The first-order valence-corrected chi connectivity index (χ1v) is 6.35. The minimum atomic E-state index is -0.699. The average Bonchev–Trinajstić information content (AvgIpc) is 2.91. The number of amides is 1. The molecule has 1 amide bonds. The number of nitrogens with zero attached hydrogens (tertiary/aromatic N) is 1. The zero-order chi connectivity index (χ0) is 14.7. The quantitative estimate of drug-likeness (QED) is 0.642. The van der Waals surface area contributed by atoms with Gasteiger partial charge in [-0.1, -0.05) is 0 Å². The summed E-state index contributed by atoms with van der Waals surface area (Å²) in [6.45, 7) is 3.21. The van der Waals surface area contributed by atoms with E-state index in [0.717, 1.165) is 18.6 Å². The number of aromatic hydroxyl groups is 1. The van der Waals surface area contributed by atoms with Crippen molar-refractivity contribution in [2.75, 3.05) is 13.2 Å². The number of nitro benzene ring substituents is 1. The Hall–Kier alpha value is -2.15. The minimum Gasteiger partial charge on any atom is -0.502 e. The second kappa shape index (κ2) is 5.87. The van der Waals surface area contributed by atoms with Crippen molar-refractivity contribution < 1.29 is 19.6 Å². The van der Waals surface area contributed by atoms with Gasteiger partial charge in [0.1, 0.15) is 0 Å². The number of nitro groups is 1. The Kier molecular flexibility index (Phi) is 4.19. The second-order valence-electron chi connectivity index (χ2n) is 4.85. The van der Waals surface area contributed by atoms with E-state index in [2.05, 4.69) is 5.32 Å². The van der Waals surface area contributed by atoms with Crippen molar-refractivity contribution in [3.8, 4) is 5.75 Å². The van der Waals surface area contributed by atoms with Crippen LogP contribution in [0.3, 0.4) is 0 Å². The Morgan fingerprint density at radius 3 is 2.90 bits per heavy atom. The maximum Gasteiger partial charge on any atom is 0.310 e. The summed E-state index contributed by atoms with van der Waals surface area (Å²) in [5.41, 5.74) is -0.224. The zero-order valence-electron chi connectivity index (χ0n) is 11.0. The Morgan fingerprint density at radius 1 is 1.60 bits per heavy atom. The summed E-state index contributed by atoms with van der Waals surface area (Å²) < 4.78 is 5.26. The number of hydrogen-bond acceptors (Lipinski definition) is 5. The summed E-state index contributed by atoms with van der Waals surface area (Å²) in [5, 5.41) is 22.9. The van der Waals surface area contributed by atoms with Crippen LogP contribution in [0.5, 0.6) is 5.75 Å². The lowest BCUT2D eigenvalue weighted by atomic mass is 10.0. The number of nitrogens with one attached hydrogen (secondary N) is 1. The number of carbonyl (C=O) groups excluding carboxylic acids is 1. The number of hydrogen-bond donors (Lipinski definition) is 2. The third kappa shape index (κ3) is 3.05. The summed E-state index contributed by atoms with van der Waals surface area (Å²) in [5.74, 6) is -0.611. The smallest absolute Gasteiger partial charge is 0.310 e. The molecule has 0 saturated carbocycles. The average molecular weight is 280 g/mol. The van der Waals surface area contributed by atoms with E-state index in [1.54, 1.807) is 0 Å². The van der Waals surface area contributed by atoms with Crippen molar-refractivity contribution in [3.63, 3.8) is 0 Å². The molecule has 2 rings (SSSR count). The van der Waals surface area contributed by atoms with Crippen LogP contribution in [0.25, 0.3) is 0 Å². The maximum atomic E-state index is 12.0. The van der Waals surface area contributed by atoms with Crippen LogP contribution in [0.15, 0.2) is 18.2 Å². The number of phenolic OH excluding ortho intramolecular Hbond substituents is 1. The van der Waals surface area contributed by atoms with E-state index in [1.807, 2.05) is 6.92 Å². The van der Waals surface area contributed by atoms with Gasteiger partial charge in [0.2, 0.25) is 0 Å². The highest BCUT2D eigenvalue weighted by molar-refractivity contribution is 5.95. The summed E-state index contributed by atoms with van der Waals surface area (Å²) >= 11 is 0. The molecule has 0 spiro atoms. The van der Waals surface area contributed by atoms with Crippen LogP contribution in [-0.4, -0.2) is 35.2 Å². The minimum absolute atomic E-state index is 0.0534. The maximum absolute atomic E-state index is 12.0. The van der Waals surface area contributed by atoms with Crippen LogP contribution in [0, 0.1) is 16.0 Å². The van der Waals surface area contributed by atoms with Gasteiger partial charge in [-0.25, -0.2) is 0 Å². The van der Waals surface area contributed by atoms with E-state index in [0.29, 0.717) is 13.2 Å². The van der Waals surface area contributed by atoms with E-state index >= 15 is 0 Å². The van der Waals surface area contributed by atoms with Crippen molar-refractivity contribution in [3.05, 3.63) is 33.9 Å². The molecule has 1 saturated heterocycles. The van der Waals surface area contributed by atoms with Gasteiger partial charge in [0, 0.05) is 30.2 Å². The Bertz CT molecular complexity index is 525. The summed E-state index contributed by atoms with van der Waals surface area (Å²) in [6.07, 6.45) is 0.896. The second-order valence-corrected chi connectivity index (χ2v) is 4.85. The van der Waals surface area contributed by atoms with Gasteiger partial charge in [0.25, 0.3) is 5.91 Å². The van der Waals surface area contributed by atoms with Crippen LogP contribution in [0.1, 0.15) is 23.7 Å². The first kappa shape index (κ1) is 14.3. The summed E-state index contributed by atoms with van der Waals surface area (Å²) in [4.78, 5) is 21.9. The van der Waals surface area contributed by atoms with Crippen LogP contribution < -0.4 is 5.32 Å². The van der Waals surface area contributed by atoms with Crippen molar-refractivity contribution >= 4 is 11.6 Å². The van der Waals surface area contributed by atoms with Crippen LogP contribution >= 0.6 is 0 Å². The van der Waals surface area contributed by atoms with E-state index in [1.165, 1.54) is 6.07 Å². The number of rotatable bonds is 4. The fourth-order valence-corrected chi connectivity index (χ4v) is 2.17. The van der Waals surface area contributed by atoms with E-state index in [-0.39, 0.29) is 23.4 Å². The zero-order valence-corrected chi connectivity index (χ0v) is 11.0. The van der Waals surface area contributed by atoms with Gasteiger partial charge < -0.3 is 15.2 Å². The van der Waals surface area contributed by atoms with Gasteiger partial charge in [-0.2, -0.15) is 0 Å². The Balaban J connectivity index is 2.05. The first-order valence-electron chi connectivity index (χ1n) is 6.35. The lowest BCUT2D eigenvalue weighted by Crippen LogP contribution is -2.38. The highest BCUT2D eigenvalue weighted by Crippen LogP contribution is 2.26. The van der Waals surface area contributed by atoms with Crippen molar-refractivity contribution in [2.45, 2.75) is 19.4 Å². The Morgan fingerprint density at radius 2 is 2.35 bits per heavy atom. The van der Waals surface area contributed by atoms with Crippen LogP contribution in [0.2, 0.25) is 0 Å². The lowest BCUT2D eigenvalue weighted by Gasteiger charge is -2.19. The molecule has 1 aliphatic heterocycles. The third-order valence-corrected chi connectivity index (χ3v) is 3.47. The third-order valence-electron chi connectivity index (χ3n) is 3.47. The molecule has 0 bridgehead atoms. The molecule has 7 nitrogen and oxygen atoms in total. The fraction of sp³-hybridized carbons (Fsp3) is 0.462. The standard InChI is InChI=1S/C13H16N2O5/c1-8(10-4-5-20-7-10)14-13(17)9-2-3-11(15(18)19)12(16)6-9/h2-3,6,8,10,16H,4-5,7H2,1H3,(H,14,17)/t8-,10+/m0/s1. The molecular weight excluding hydrogens is 264 g/mol. The van der Waals surface area contributed by atoms with Gasteiger partial charge >= 0.3 is 5.69 Å². The van der Waals surface area contributed by atoms with Gasteiger partial charge in [0.05, 0.1) is 11.5 Å². The fourth-order valence-electron chi connectivity index (χ4n) is 2.17. The number of ether oxygens (including phenoxy) is 1. The van der Waals surface area contributed by atoms with Gasteiger partial charge in [0.15, 0.2) is 5.75 Å². The lowest BCUT2D eigenvalue weighted by molar-refractivity contribution is -0.385. The SMILES string of the molecule is C[C@H](NC(=O)c1ccc([N+](=O)[O-])c(O)c1)[C@@H]1CCOC1. The topological polar surface area (TPSA) is 102 Å². The van der Waals surface area contributed by atoms with E-state index in [4.69, 9.17) is 4.74 Å². The number of benzene rings is 1. The van der Waals surface area contributed by atoms with Crippen LogP contribution in [-0.2, 0) is 4.74 Å². The summed E-state index contributed by atoms with van der Waals surface area (Å²) in [7, 11) is 0. The highest BCUT2D eigenvalue weighted by atomic mass is 16.6. The van der Waals surface area contributed by atoms with E-state index < -0.39 is 16.4 Å². The molecule has 2 N–H and O–H groups in total. The molecule has 1 heterocycles. The summed E-state index contributed by atoms with van der Waals surface area (Å²) in [6, 6.07) is 3.49. The molecule has 0 aliphatic carbocycles. The first-order chi connectivity index (χ1) is 9.49. The van der Waals surface area contributed by atoms with Gasteiger partial charge in [-0.15, -0.1) is 0 Å². The molecule has 1 aromatic rings. The van der Waals surface area contributed by atoms with Gasteiger partial charge in [-0.05, 0) is 25.5 Å². The molecule has 1 aromatic carbocycles. The van der Waals surface area contributed by atoms with E-state index in [9.17, 15) is 20.0 Å². The molecule has 7 heteroatoms. The molecular formula is C13H16N2O5. The van der Waals surface area contributed by atoms with Crippen molar-refractivity contribution in [2.24, 2.45) is 5.92 Å². The van der Waals surface area contributed by atoms with Crippen molar-refractivity contribution in [1.82, 2.24) is 5.32 Å². The molecule has 108 valence electrons. The number of phenols is 1. The molecule has 20 heavy (non-hydrogen) atoms. The van der Waals surface area contributed by atoms with Crippen LogP contribution in [0.4, 0.5) is 5.69 Å². The molecule has 0 radical (unpaired) electrons. The van der Waals surface area contributed by atoms with Crippen molar-refractivity contribution in [1.29, 1.82) is 0 Å². The number of carbonyl (C=O) groups is 1. The predicted octanol–water partition coefficient (Wildman–Crippen LogP) is 1.46. The monoisotopic (exact) mass is 280 g/mol. The highest BCUT2D eigenvalue weighted by Gasteiger charge is 2.24. The molecule has 0 aromatic heterocycles. The molecule has 0 unspecified atom stereocenters. The van der Waals surface area contributed by atoms with Gasteiger partial charge in [-0.3, -0.25) is 14.9 Å². The molecule has 2 atom stereocenters.